The number of imidazole rings is 1. The fourth-order valence-corrected chi connectivity index (χ4v) is 5.07. The summed E-state index contributed by atoms with van der Waals surface area (Å²) in [6.45, 7) is 8.57. The summed E-state index contributed by atoms with van der Waals surface area (Å²) >= 11 is 1.39. The molecule has 2 heterocycles. The summed E-state index contributed by atoms with van der Waals surface area (Å²) in [5.41, 5.74) is 3.40. The van der Waals surface area contributed by atoms with Crippen LogP contribution in [-0.4, -0.2) is 71.0 Å². The zero-order valence-corrected chi connectivity index (χ0v) is 21.1. The molecular formula is C26H32N4O4S. The number of thioether (sulfide) groups is 1. The van der Waals surface area contributed by atoms with E-state index in [0.29, 0.717) is 31.9 Å². The number of morpholine rings is 1. The Bertz CT molecular complexity index is 1150. The highest BCUT2D eigenvalue weighted by Crippen LogP contribution is 2.25. The van der Waals surface area contributed by atoms with Crippen molar-refractivity contribution >= 4 is 34.7 Å². The van der Waals surface area contributed by atoms with Gasteiger partial charge in [0.1, 0.15) is 0 Å². The number of ether oxygens (including phenoxy) is 2. The maximum absolute atomic E-state index is 12.6. The first kappa shape index (κ1) is 25.2. The highest BCUT2D eigenvalue weighted by molar-refractivity contribution is 7.99. The molecule has 1 amide bonds. The molecule has 3 aromatic rings. The molecule has 1 aliphatic rings. The van der Waals surface area contributed by atoms with Gasteiger partial charge in [0.15, 0.2) is 5.16 Å². The molecule has 0 saturated carbocycles. The van der Waals surface area contributed by atoms with Gasteiger partial charge >= 0.3 is 5.97 Å². The Morgan fingerprint density at radius 3 is 2.80 bits per heavy atom. The van der Waals surface area contributed by atoms with E-state index in [1.807, 2.05) is 23.6 Å². The van der Waals surface area contributed by atoms with Gasteiger partial charge in [0.05, 0.1) is 41.7 Å². The first-order valence-electron chi connectivity index (χ1n) is 12.0. The summed E-state index contributed by atoms with van der Waals surface area (Å²) in [7, 11) is 0. The van der Waals surface area contributed by atoms with Crippen molar-refractivity contribution in [3.63, 3.8) is 0 Å². The third-order valence-electron chi connectivity index (χ3n) is 5.87. The van der Waals surface area contributed by atoms with Crippen molar-refractivity contribution in [2.45, 2.75) is 38.2 Å². The van der Waals surface area contributed by atoms with Gasteiger partial charge in [-0.05, 0) is 37.6 Å². The second-order valence-corrected chi connectivity index (χ2v) is 9.31. The number of nitrogens with zero attached hydrogens (tertiary/aromatic N) is 3. The van der Waals surface area contributed by atoms with Crippen LogP contribution in [0.3, 0.4) is 0 Å². The third kappa shape index (κ3) is 6.62. The molecule has 2 aromatic carbocycles. The van der Waals surface area contributed by atoms with Gasteiger partial charge in [0, 0.05) is 32.7 Å². The quantitative estimate of drug-likeness (QED) is 0.340. The molecule has 0 spiro atoms. The van der Waals surface area contributed by atoms with E-state index in [2.05, 4.69) is 39.5 Å². The monoisotopic (exact) mass is 496 g/mol. The summed E-state index contributed by atoms with van der Waals surface area (Å²) in [6, 6.07) is 15.8. The molecule has 35 heavy (non-hydrogen) atoms. The predicted octanol–water partition coefficient (Wildman–Crippen LogP) is 3.34. The SMILES string of the molecule is CCOC(=O)c1ccc2c(c1)nc(SCC(=O)NC[C@H]1CN(Cc3ccccc3)CCO1)n2CC. The molecule has 1 aliphatic heterocycles. The minimum Gasteiger partial charge on any atom is -0.462 e. The molecule has 1 saturated heterocycles. The number of amides is 1. The lowest BCUT2D eigenvalue weighted by atomic mass is 10.2. The largest absolute Gasteiger partial charge is 0.462 e. The number of fused-ring (bicyclic) bond motifs is 1. The Morgan fingerprint density at radius 1 is 1.20 bits per heavy atom. The lowest BCUT2D eigenvalue weighted by Gasteiger charge is -2.33. The van der Waals surface area contributed by atoms with Gasteiger partial charge in [0.2, 0.25) is 5.91 Å². The van der Waals surface area contributed by atoms with Crippen molar-refractivity contribution < 1.29 is 19.1 Å². The number of carbonyl (C=O) groups is 2. The molecule has 1 aromatic heterocycles. The Balaban J connectivity index is 1.29. The number of carbonyl (C=O) groups excluding carboxylic acids is 2. The second kappa shape index (κ2) is 12.2. The topological polar surface area (TPSA) is 85.7 Å². The first-order valence-corrected chi connectivity index (χ1v) is 13.0. The van der Waals surface area contributed by atoms with Crippen LogP contribution in [0.5, 0.6) is 0 Å². The van der Waals surface area contributed by atoms with E-state index in [4.69, 9.17) is 9.47 Å². The lowest BCUT2D eigenvalue weighted by Crippen LogP contribution is -2.47. The van der Waals surface area contributed by atoms with Crippen LogP contribution < -0.4 is 5.32 Å². The van der Waals surface area contributed by atoms with Crippen LogP contribution in [0.2, 0.25) is 0 Å². The minimum atomic E-state index is -0.360. The van der Waals surface area contributed by atoms with E-state index in [0.717, 1.165) is 35.8 Å². The van der Waals surface area contributed by atoms with Gasteiger partial charge in [-0.15, -0.1) is 0 Å². The smallest absolute Gasteiger partial charge is 0.338 e. The summed E-state index contributed by atoms with van der Waals surface area (Å²) in [5, 5.41) is 3.76. The number of hydrogen-bond donors (Lipinski definition) is 1. The van der Waals surface area contributed by atoms with Crippen LogP contribution in [0, 0.1) is 0 Å². The van der Waals surface area contributed by atoms with E-state index in [-0.39, 0.29) is 23.7 Å². The zero-order chi connectivity index (χ0) is 24.6. The molecule has 4 rings (SSSR count). The van der Waals surface area contributed by atoms with E-state index in [1.54, 1.807) is 19.1 Å². The van der Waals surface area contributed by atoms with Gasteiger partial charge in [-0.2, -0.15) is 0 Å². The number of rotatable bonds is 10. The second-order valence-electron chi connectivity index (χ2n) is 8.37. The maximum Gasteiger partial charge on any atom is 0.338 e. The highest BCUT2D eigenvalue weighted by atomic mass is 32.2. The summed E-state index contributed by atoms with van der Waals surface area (Å²) in [4.78, 5) is 31.6. The Morgan fingerprint density at radius 2 is 2.03 bits per heavy atom. The summed E-state index contributed by atoms with van der Waals surface area (Å²) in [5.74, 6) is -0.156. The molecule has 0 radical (unpaired) electrons. The van der Waals surface area contributed by atoms with Crippen LogP contribution in [0.4, 0.5) is 0 Å². The van der Waals surface area contributed by atoms with E-state index < -0.39 is 0 Å². The van der Waals surface area contributed by atoms with E-state index in [1.165, 1.54) is 17.3 Å². The average molecular weight is 497 g/mol. The lowest BCUT2D eigenvalue weighted by molar-refractivity contribution is -0.119. The molecule has 0 unspecified atom stereocenters. The molecular weight excluding hydrogens is 464 g/mol. The maximum atomic E-state index is 12.6. The van der Waals surface area contributed by atoms with Crippen molar-refractivity contribution in [1.29, 1.82) is 0 Å². The van der Waals surface area contributed by atoms with Gasteiger partial charge < -0.3 is 19.4 Å². The molecule has 0 bridgehead atoms. The predicted molar refractivity (Wildman–Crippen MR) is 137 cm³/mol. The summed E-state index contributed by atoms with van der Waals surface area (Å²) < 4.78 is 13.0. The fourth-order valence-electron chi connectivity index (χ4n) is 4.16. The molecule has 1 atom stereocenters. The molecule has 8 nitrogen and oxygen atoms in total. The van der Waals surface area contributed by atoms with Crippen molar-refractivity contribution in [3.05, 3.63) is 59.7 Å². The number of esters is 1. The highest BCUT2D eigenvalue weighted by Gasteiger charge is 2.21. The molecule has 9 heteroatoms. The number of benzene rings is 2. The number of nitrogens with one attached hydrogen (secondary N) is 1. The minimum absolute atomic E-state index is 0.0251. The first-order chi connectivity index (χ1) is 17.1. The van der Waals surface area contributed by atoms with Crippen molar-refractivity contribution in [2.75, 3.05) is 38.6 Å². The van der Waals surface area contributed by atoms with Gasteiger partial charge in [-0.1, -0.05) is 42.1 Å². The van der Waals surface area contributed by atoms with Crippen LogP contribution in [-0.2, 0) is 27.4 Å². The van der Waals surface area contributed by atoms with Crippen molar-refractivity contribution in [3.8, 4) is 0 Å². The zero-order valence-electron chi connectivity index (χ0n) is 20.2. The third-order valence-corrected chi connectivity index (χ3v) is 6.85. The average Bonchev–Trinajstić information content (AvgIpc) is 3.24. The van der Waals surface area contributed by atoms with Crippen molar-refractivity contribution in [2.24, 2.45) is 0 Å². The van der Waals surface area contributed by atoms with Crippen LogP contribution in [0.15, 0.2) is 53.7 Å². The number of hydrogen-bond acceptors (Lipinski definition) is 7. The number of aromatic nitrogens is 2. The van der Waals surface area contributed by atoms with Crippen LogP contribution in [0.1, 0.15) is 29.8 Å². The molecule has 1 fully saturated rings. The Labute approximate surface area is 210 Å². The normalized spacial score (nSPS) is 16.3. The summed E-state index contributed by atoms with van der Waals surface area (Å²) in [6.07, 6.45) is -0.0251. The standard InChI is InChI=1S/C26H32N4O4S/c1-3-30-23-11-10-20(25(32)33-4-2)14-22(23)28-26(30)35-18-24(31)27-15-21-17-29(12-13-34-21)16-19-8-6-5-7-9-19/h5-11,14,21H,3-4,12-13,15-18H2,1-2H3,(H,27,31)/t21-/m0/s1. The fraction of sp³-hybridized carbons (Fsp3) is 0.423. The Kier molecular flexibility index (Phi) is 8.79. The van der Waals surface area contributed by atoms with Crippen molar-refractivity contribution in [1.82, 2.24) is 19.8 Å². The van der Waals surface area contributed by atoms with E-state index in [9.17, 15) is 9.59 Å². The van der Waals surface area contributed by atoms with Gasteiger partial charge in [-0.3, -0.25) is 9.69 Å². The van der Waals surface area contributed by atoms with Gasteiger partial charge in [-0.25, -0.2) is 9.78 Å². The van der Waals surface area contributed by atoms with Gasteiger partial charge in [0.25, 0.3) is 0 Å². The molecule has 186 valence electrons. The van der Waals surface area contributed by atoms with Crippen LogP contribution in [0.25, 0.3) is 11.0 Å². The molecule has 0 aliphatic carbocycles. The Hall–Kier alpha value is -2.88. The van der Waals surface area contributed by atoms with E-state index >= 15 is 0 Å². The number of aryl methyl sites for hydroxylation is 1. The van der Waals surface area contributed by atoms with Crippen LogP contribution >= 0.6 is 11.8 Å². The molecule has 1 N–H and O–H groups in total.